The predicted octanol–water partition coefficient (Wildman–Crippen LogP) is 8.84. The predicted molar refractivity (Wildman–Crippen MR) is 151 cm³/mol. The van der Waals surface area contributed by atoms with Gasteiger partial charge in [0.2, 0.25) is 0 Å². The molecule has 1 aliphatic rings. The lowest BCUT2D eigenvalue weighted by Gasteiger charge is -2.45. The van der Waals surface area contributed by atoms with Crippen LogP contribution in [0, 0.1) is 17.8 Å². The molecule has 0 spiro atoms. The summed E-state index contributed by atoms with van der Waals surface area (Å²) < 4.78 is 15.9. The zero-order chi connectivity index (χ0) is 25.0. The quantitative estimate of drug-likeness (QED) is 0.308. The third-order valence-corrected chi connectivity index (χ3v) is 12.1. The van der Waals surface area contributed by atoms with E-state index in [4.69, 9.17) is 11.6 Å². The molecule has 1 unspecified atom stereocenters. The van der Waals surface area contributed by atoms with Crippen LogP contribution in [-0.2, 0) is 4.57 Å². The first kappa shape index (κ1) is 26.2. The van der Waals surface area contributed by atoms with E-state index in [-0.39, 0.29) is 17.5 Å². The van der Waals surface area contributed by atoms with Crippen molar-refractivity contribution in [3.8, 4) is 0 Å². The molecule has 0 heterocycles. The van der Waals surface area contributed by atoms with Crippen molar-refractivity contribution in [2.45, 2.75) is 64.4 Å². The summed E-state index contributed by atoms with van der Waals surface area (Å²) >= 11 is 6.29. The number of halogens is 1. The van der Waals surface area contributed by atoms with Crippen LogP contribution in [0.5, 0.6) is 0 Å². The molecule has 0 aliphatic heterocycles. The van der Waals surface area contributed by atoms with Gasteiger partial charge in [0.1, 0.15) is 7.14 Å². The number of hydrogen-bond donors (Lipinski definition) is 1. The Morgan fingerprint density at radius 1 is 0.829 bits per heavy atom. The van der Waals surface area contributed by atoms with E-state index >= 15 is 4.57 Å². The van der Waals surface area contributed by atoms with E-state index < -0.39 is 7.14 Å². The number of benzene rings is 3. The summed E-state index contributed by atoms with van der Waals surface area (Å²) in [5.74, 6) is 1.20. The van der Waals surface area contributed by atoms with Crippen molar-refractivity contribution >= 4 is 24.0 Å². The number of hydrogen-bond acceptors (Lipinski definition) is 2. The van der Waals surface area contributed by atoms with Gasteiger partial charge in [-0.2, -0.15) is 0 Å². The Kier molecular flexibility index (Phi) is 8.59. The summed E-state index contributed by atoms with van der Waals surface area (Å²) in [5.41, 5.74) is 2.37. The molecular formula is C31H39ClNOP. The third-order valence-electron chi connectivity index (χ3n) is 7.92. The van der Waals surface area contributed by atoms with Crippen molar-refractivity contribution in [3.63, 3.8) is 0 Å². The molecule has 4 rings (SSSR count). The second kappa shape index (κ2) is 11.5. The Balaban J connectivity index is 1.89. The van der Waals surface area contributed by atoms with E-state index in [0.717, 1.165) is 23.7 Å². The minimum atomic E-state index is -2.97. The molecule has 0 saturated heterocycles. The van der Waals surface area contributed by atoms with Crippen LogP contribution in [0.3, 0.4) is 0 Å². The lowest BCUT2D eigenvalue weighted by atomic mass is 9.77. The van der Waals surface area contributed by atoms with Crippen LogP contribution in [0.1, 0.15) is 69.9 Å². The summed E-state index contributed by atoms with van der Waals surface area (Å²) in [6.45, 7) is 9.12. The highest BCUT2D eigenvalue weighted by Crippen LogP contribution is 2.66. The van der Waals surface area contributed by atoms with E-state index in [0.29, 0.717) is 22.8 Å². The van der Waals surface area contributed by atoms with E-state index in [1.54, 1.807) is 0 Å². The minimum absolute atomic E-state index is 0.0485. The fraction of sp³-hybridized carbons (Fsp3) is 0.419. The van der Waals surface area contributed by atoms with Crippen LogP contribution in [0.15, 0.2) is 84.9 Å². The van der Waals surface area contributed by atoms with Crippen molar-refractivity contribution in [3.05, 3.63) is 101 Å². The summed E-state index contributed by atoms with van der Waals surface area (Å²) in [6, 6.07) is 28.8. The zero-order valence-corrected chi connectivity index (χ0v) is 23.1. The first-order chi connectivity index (χ1) is 16.8. The molecule has 0 bridgehead atoms. The van der Waals surface area contributed by atoms with Gasteiger partial charge in [-0.1, -0.05) is 112 Å². The second-order valence-corrected chi connectivity index (χ2v) is 14.2. The van der Waals surface area contributed by atoms with Gasteiger partial charge in [0.05, 0.1) is 5.78 Å². The second-order valence-electron chi connectivity index (χ2n) is 10.7. The standard InChI is InChI=1S/C31H39ClNOP/c1-22(2)29-20-15-23(3)21-30(29)35(34,28-13-9-6-10-14-28)31(26-16-18-27(32)19-17-26)33-24(4)25-11-7-5-8-12-25/h5-14,16-19,22-24,29-31,33H,15,20-21H2,1-4H3/t23-,24-,29+,30?,31-,35+/m1/s1. The van der Waals surface area contributed by atoms with E-state index in [9.17, 15) is 0 Å². The van der Waals surface area contributed by atoms with Crippen molar-refractivity contribution < 1.29 is 4.57 Å². The van der Waals surface area contributed by atoms with Gasteiger partial charge in [0.25, 0.3) is 0 Å². The largest absolute Gasteiger partial charge is 0.316 e. The molecule has 0 amide bonds. The third kappa shape index (κ3) is 5.77. The molecular weight excluding hydrogens is 469 g/mol. The Morgan fingerprint density at radius 2 is 1.43 bits per heavy atom. The molecule has 1 aliphatic carbocycles. The van der Waals surface area contributed by atoms with Gasteiger partial charge in [-0.15, -0.1) is 0 Å². The van der Waals surface area contributed by atoms with E-state index in [1.165, 1.54) is 12.0 Å². The van der Waals surface area contributed by atoms with Crippen LogP contribution in [0.2, 0.25) is 5.02 Å². The normalized spacial score (nSPS) is 24.0. The first-order valence-corrected chi connectivity index (χ1v) is 15.2. The molecule has 186 valence electrons. The van der Waals surface area contributed by atoms with Crippen molar-refractivity contribution in [1.29, 1.82) is 0 Å². The molecule has 1 fully saturated rings. The highest BCUT2D eigenvalue weighted by molar-refractivity contribution is 7.72. The van der Waals surface area contributed by atoms with Gasteiger partial charge in [-0.05, 0) is 60.8 Å². The molecule has 3 aromatic carbocycles. The summed E-state index contributed by atoms with van der Waals surface area (Å²) in [5, 5.41) is 5.56. The fourth-order valence-electron chi connectivity index (χ4n) is 5.93. The van der Waals surface area contributed by atoms with Gasteiger partial charge >= 0.3 is 0 Å². The Morgan fingerprint density at radius 3 is 2.03 bits per heavy atom. The fourth-order valence-corrected chi connectivity index (χ4v) is 10.6. The SMILES string of the molecule is CC(C)[C@@H]1CC[C@@H](C)CC1[P@@](=O)(c1ccccc1)[C@@H](N[C@H](C)c1ccccc1)c1ccc(Cl)cc1. The number of nitrogens with one attached hydrogen (secondary N) is 1. The van der Waals surface area contributed by atoms with E-state index in [2.05, 4.69) is 81.5 Å². The first-order valence-electron chi connectivity index (χ1n) is 13.0. The summed E-state index contributed by atoms with van der Waals surface area (Å²) in [4.78, 5) is 0. The van der Waals surface area contributed by atoms with Gasteiger partial charge in [-0.25, -0.2) is 0 Å². The zero-order valence-electron chi connectivity index (χ0n) is 21.4. The maximum absolute atomic E-state index is 15.9. The lowest BCUT2D eigenvalue weighted by molar-refractivity contribution is 0.235. The van der Waals surface area contributed by atoms with Crippen molar-refractivity contribution in [2.75, 3.05) is 0 Å². The van der Waals surface area contributed by atoms with Crippen LogP contribution < -0.4 is 10.6 Å². The molecule has 0 radical (unpaired) electrons. The molecule has 1 N–H and O–H groups in total. The van der Waals surface area contributed by atoms with Crippen LogP contribution in [-0.4, -0.2) is 5.66 Å². The molecule has 3 aromatic rings. The Bertz CT molecular complexity index is 1120. The molecule has 4 heteroatoms. The van der Waals surface area contributed by atoms with Gasteiger partial charge in [0.15, 0.2) is 0 Å². The average molecular weight is 508 g/mol. The van der Waals surface area contributed by atoms with Gasteiger partial charge in [0, 0.05) is 22.0 Å². The van der Waals surface area contributed by atoms with Crippen molar-refractivity contribution in [1.82, 2.24) is 5.32 Å². The number of rotatable bonds is 8. The molecule has 6 atom stereocenters. The summed E-state index contributed by atoms with van der Waals surface area (Å²) in [6.07, 6.45) is 3.36. The van der Waals surface area contributed by atoms with Crippen LogP contribution >= 0.6 is 18.7 Å². The van der Waals surface area contributed by atoms with Crippen LogP contribution in [0.25, 0.3) is 0 Å². The molecule has 0 aromatic heterocycles. The Hall–Kier alpha value is -1.86. The smallest absolute Gasteiger partial charge is 0.139 e. The summed E-state index contributed by atoms with van der Waals surface area (Å²) in [7, 11) is -2.97. The average Bonchev–Trinajstić information content (AvgIpc) is 2.88. The van der Waals surface area contributed by atoms with Crippen molar-refractivity contribution in [2.24, 2.45) is 17.8 Å². The molecule has 35 heavy (non-hydrogen) atoms. The lowest BCUT2D eigenvalue weighted by Crippen LogP contribution is -2.39. The minimum Gasteiger partial charge on any atom is -0.316 e. The highest BCUT2D eigenvalue weighted by Gasteiger charge is 2.48. The monoisotopic (exact) mass is 507 g/mol. The topological polar surface area (TPSA) is 29.1 Å². The van der Waals surface area contributed by atoms with Gasteiger partial charge < -0.3 is 4.57 Å². The highest BCUT2D eigenvalue weighted by atomic mass is 35.5. The maximum Gasteiger partial charge on any atom is 0.139 e. The Labute approximate surface area is 216 Å². The van der Waals surface area contributed by atoms with E-state index in [1.807, 2.05) is 36.4 Å². The van der Waals surface area contributed by atoms with Gasteiger partial charge in [-0.3, -0.25) is 5.32 Å². The van der Waals surface area contributed by atoms with Crippen LogP contribution in [0.4, 0.5) is 0 Å². The maximum atomic E-state index is 15.9. The molecule has 2 nitrogen and oxygen atoms in total. The molecule has 1 saturated carbocycles.